The quantitative estimate of drug-likeness (QED) is 0.271. The largest absolute Gasteiger partial charge is 0.456 e. The summed E-state index contributed by atoms with van der Waals surface area (Å²) in [7, 11) is -4.15. The maximum atomic E-state index is 12.9. The van der Waals surface area contributed by atoms with Crippen molar-refractivity contribution in [3.05, 3.63) is 78.5 Å². The zero-order chi connectivity index (χ0) is 23.6. The van der Waals surface area contributed by atoms with Gasteiger partial charge in [0, 0.05) is 22.7 Å². The molecule has 9 heteroatoms. The van der Waals surface area contributed by atoms with E-state index < -0.39 is 40.5 Å². The third kappa shape index (κ3) is 4.80. The first-order valence-electron chi connectivity index (χ1n) is 10.2. The minimum absolute atomic E-state index is 0.0606. The number of hydrogen-bond acceptors (Lipinski definition) is 6. The van der Waals surface area contributed by atoms with Gasteiger partial charge in [0.2, 0.25) is 15.8 Å². The number of hydrogen-bond donors (Lipinski definition) is 3. The summed E-state index contributed by atoms with van der Waals surface area (Å²) in [5.41, 5.74) is 1.11. The van der Waals surface area contributed by atoms with E-state index in [9.17, 15) is 23.1 Å². The Hall–Kier alpha value is -3.53. The van der Waals surface area contributed by atoms with Crippen molar-refractivity contribution in [1.82, 2.24) is 9.71 Å². The second-order valence-corrected chi connectivity index (χ2v) is 9.34. The van der Waals surface area contributed by atoms with Gasteiger partial charge in [-0.15, -0.1) is 0 Å². The van der Waals surface area contributed by atoms with Crippen LogP contribution in [-0.2, 0) is 19.6 Å². The Morgan fingerprint density at radius 1 is 1.03 bits per heavy atom. The highest BCUT2D eigenvalue weighted by Gasteiger charge is 2.31. The minimum Gasteiger partial charge on any atom is -0.456 e. The van der Waals surface area contributed by atoms with Crippen molar-refractivity contribution in [3.8, 4) is 0 Å². The van der Waals surface area contributed by atoms with Crippen molar-refractivity contribution in [1.29, 1.82) is 0 Å². The first-order chi connectivity index (χ1) is 15.8. The number of para-hydroxylation sites is 1. The van der Waals surface area contributed by atoms with E-state index >= 15 is 0 Å². The Kier molecular flexibility index (Phi) is 6.28. The lowest BCUT2D eigenvalue weighted by atomic mass is 10.1. The van der Waals surface area contributed by atoms with Gasteiger partial charge in [-0.1, -0.05) is 48.5 Å². The molecule has 0 aliphatic heterocycles. The number of aromatic nitrogens is 1. The molecule has 0 fully saturated rings. The van der Waals surface area contributed by atoms with Crippen LogP contribution in [0.4, 0.5) is 0 Å². The summed E-state index contributed by atoms with van der Waals surface area (Å²) in [5, 5.41) is 12.3. The Morgan fingerprint density at radius 3 is 2.48 bits per heavy atom. The summed E-state index contributed by atoms with van der Waals surface area (Å²) in [5.74, 6) is -1.51. The highest BCUT2D eigenvalue weighted by molar-refractivity contribution is 7.89. The van der Waals surface area contributed by atoms with E-state index in [1.54, 1.807) is 30.3 Å². The van der Waals surface area contributed by atoms with Crippen LogP contribution in [0.2, 0.25) is 0 Å². The summed E-state index contributed by atoms with van der Waals surface area (Å²) in [6.07, 6.45) is 0.131. The number of fused-ring (bicyclic) bond motifs is 2. The lowest BCUT2D eigenvalue weighted by molar-refractivity contribution is -0.147. The number of esters is 1. The van der Waals surface area contributed by atoms with Crippen molar-refractivity contribution in [3.63, 3.8) is 0 Å². The van der Waals surface area contributed by atoms with Gasteiger partial charge in [0.15, 0.2) is 6.61 Å². The summed E-state index contributed by atoms with van der Waals surface area (Å²) in [6.45, 7) is 0.665. The van der Waals surface area contributed by atoms with Crippen LogP contribution >= 0.6 is 0 Å². The molecule has 3 N–H and O–H groups in total. The number of carbonyl (C=O) groups excluding carboxylic acids is 2. The van der Waals surface area contributed by atoms with Gasteiger partial charge in [-0.2, -0.15) is 4.72 Å². The number of rotatable bonds is 8. The number of carbonyl (C=O) groups is 2. The Morgan fingerprint density at radius 2 is 1.73 bits per heavy atom. The molecular weight excluding hydrogens is 444 g/mol. The van der Waals surface area contributed by atoms with Crippen LogP contribution in [0.3, 0.4) is 0 Å². The molecule has 0 radical (unpaired) electrons. The average Bonchev–Trinajstić information content (AvgIpc) is 3.24. The maximum Gasteiger partial charge on any atom is 0.327 e. The monoisotopic (exact) mass is 466 g/mol. The first-order valence-corrected chi connectivity index (χ1v) is 11.7. The van der Waals surface area contributed by atoms with Crippen molar-refractivity contribution in [2.24, 2.45) is 0 Å². The standard InChI is InChI=1S/C24H22N2O6S/c1-15(27)23(26-33(30,31)18-11-10-16-6-2-3-7-17(16)12-18)24(29)32-14-22(28)20-13-25-21-9-5-4-8-19(20)21/h2-13,15,23,25-27H,14H2,1H3. The van der Waals surface area contributed by atoms with E-state index in [4.69, 9.17) is 4.74 Å². The summed E-state index contributed by atoms with van der Waals surface area (Å²) in [4.78, 5) is 28.0. The second kappa shape index (κ2) is 9.14. The smallest absolute Gasteiger partial charge is 0.327 e. The SMILES string of the molecule is CC(O)C(NS(=O)(=O)c1ccc2ccccc2c1)C(=O)OCC(=O)c1c[nH]c2ccccc12. The van der Waals surface area contributed by atoms with Crippen LogP contribution in [0.1, 0.15) is 17.3 Å². The zero-order valence-corrected chi connectivity index (χ0v) is 18.5. The van der Waals surface area contributed by atoms with Crippen LogP contribution in [-0.4, -0.2) is 49.0 Å². The summed E-state index contributed by atoms with van der Waals surface area (Å²) >= 11 is 0. The van der Waals surface area contributed by atoms with Crippen LogP contribution in [0, 0.1) is 0 Å². The fourth-order valence-electron chi connectivity index (χ4n) is 3.52. The van der Waals surface area contributed by atoms with Crippen LogP contribution < -0.4 is 4.72 Å². The number of sulfonamides is 1. The van der Waals surface area contributed by atoms with Gasteiger partial charge in [-0.3, -0.25) is 9.59 Å². The molecule has 1 aromatic heterocycles. The molecule has 33 heavy (non-hydrogen) atoms. The topological polar surface area (TPSA) is 126 Å². The minimum atomic E-state index is -4.15. The summed E-state index contributed by atoms with van der Waals surface area (Å²) < 4.78 is 33.0. The molecule has 2 unspecified atom stereocenters. The fourth-order valence-corrected chi connectivity index (χ4v) is 4.81. The van der Waals surface area contributed by atoms with Gasteiger partial charge in [0.25, 0.3) is 0 Å². The third-order valence-corrected chi connectivity index (χ3v) is 6.72. The van der Waals surface area contributed by atoms with Crippen molar-refractivity contribution in [2.45, 2.75) is 24.0 Å². The van der Waals surface area contributed by atoms with E-state index in [-0.39, 0.29) is 4.90 Å². The van der Waals surface area contributed by atoms with Crippen molar-refractivity contribution in [2.75, 3.05) is 6.61 Å². The predicted molar refractivity (Wildman–Crippen MR) is 123 cm³/mol. The predicted octanol–water partition coefficient (Wildman–Crippen LogP) is 2.77. The number of ketones is 1. The molecule has 170 valence electrons. The van der Waals surface area contributed by atoms with Crippen LogP contribution in [0.15, 0.2) is 77.8 Å². The number of aromatic amines is 1. The van der Waals surface area contributed by atoms with E-state index in [1.165, 1.54) is 25.3 Å². The highest BCUT2D eigenvalue weighted by atomic mass is 32.2. The number of ether oxygens (including phenoxy) is 1. The molecule has 0 bridgehead atoms. The molecule has 0 saturated heterocycles. The van der Waals surface area contributed by atoms with Crippen LogP contribution in [0.5, 0.6) is 0 Å². The van der Waals surface area contributed by atoms with Gasteiger partial charge in [-0.25, -0.2) is 8.42 Å². The molecule has 0 aliphatic rings. The Labute approximate surface area is 190 Å². The van der Waals surface area contributed by atoms with Gasteiger partial charge in [-0.05, 0) is 35.9 Å². The normalized spacial score (nSPS) is 13.6. The number of aliphatic hydroxyl groups is 1. The number of nitrogens with one attached hydrogen (secondary N) is 2. The van der Waals surface area contributed by atoms with E-state index in [0.717, 1.165) is 10.9 Å². The Balaban J connectivity index is 1.48. The van der Waals surface area contributed by atoms with E-state index in [1.807, 2.05) is 24.3 Å². The molecule has 8 nitrogen and oxygen atoms in total. The zero-order valence-electron chi connectivity index (χ0n) is 17.7. The average molecular weight is 467 g/mol. The van der Waals surface area contributed by atoms with Gasteiger partial charge < -0.3 is 14.8 Å². The number of benzene rings is 3. The number of aliphatic hydroxyl groups excluding tert-OH is 1. The Bertz CT molecular complexity index is 1440. The molecule has 4 aromatic rings. The van der Waals surface area contributed by atoms with E-state index in [0.29, 0.717) is 16.3 Å². The lowest BCUT2D eigenvalue weighted by Gasteiger charge is -2.20. The molecule has 4 rings (SSSR count). The molecule has 1 heterocycles. The molecule has 0 aliphatic carbocycles. The first kappa shape index (κ1) is 22.7. The highest BCUT2D eigenvalue weighted by Crippen LogP contribution is 2.20. The van der Waals surface area contributed by atoms with Crippen molar-refractivity contribution >= 4 is 43.5 Å². The molecule has 0 saturated carbocycles. The fraction of sp³-hybridized carbons (Fsp3) is 0.167. The third-order valence-electron chi connectivity index (χ3n) is 5.28. The number of Topliss-reactive ketones (excluding diaryl/α,β-unsaturated/α-hetero) is 1. The molecular formula is C24H22N2O6S. The van der Waals surface area contributed by atoms with Crippen LogP contribution in [0.25, 0.3) is 21.7 Å². The maximum absolute atomic E-state index is 12.9. The van der Waals surface area contributed by atoms with Gasteiger partial charge in [0.1, 0.15) is 6.04 Å². The summed E-state index contributed by atoms with van der Waals surface area (Å²) in [6, 6.07) is 17.4. The molecule has 2 atom stereocenters. The van der Waals surface area contributed by atoms with Gasteiger partial charge >= 0.3 is 5.97 Å². The van der Waals surface area contributed by atoms with Gasteiger partial charge in [0.05, 0.1) is 11.0 Å². The molecule has 0 amide bonds. The van der Waals surface area contributed by atoms with Crippen molar-refractivity contribution < 1.29 is 27.9 Å². The van der Waals surface area contributed by atoms with E-state index in [2.05, 4.69) is 9.71 Å². The number of H-pyrrole nitrogens is 1. The second-order valence-electron chi connectivity index (χ2n) is 7.63. The molecule has 3 aromatic carbocycles. The lowest BCUT2D eigenvalue weighted by Crippen LogP contribution is -2.48. The molecule has 0 spiro atoms.